The molecule has 0 unspecified atom stereocenters. The molecule has 0 spiro atoms. The van der Waals surface area contributed by atoms with Crippen LogP contribution in [0.15, 0.2) is 24.3 Å². The van der Waals surface area contributed by atoms with E-state index in [0.29, 0.717) is 6.04 Å². The maximum Gasteiger partial charge on any atom is 0.494 e. The fourth-order valence-electron chi connectivity index (χ4n) is 3.77. The van der Waals surface area contributed by atoms with E-state index in [4.69, 9.17) is 14.0 Å². The Balaban J connectivity index is 1.48. The van der Waals surface area contributed by atoms with E-state index in [2.05, 4.69) is 62.2 Å². The van der Waals surface area contributed by atoms with Crippen LogP contribution in [0.3, 0.4) is 0 Å². The van der Waals surface area contributed by atoms with Crippen molar-refractivity contribution in [3.63, 3.8) is 0 Å². The summed E-state index contributed by atoms with van der Waals surface area (Å²) >= 11 is 0. The number of anilines is 1. The molecular weight excluding hydrogens is 379 g/mol. The van der Waals surface area contributed by atoms with Crippen molar-refractivity contribution in [2.75, 3.05) is 24.5 Å². The third kappa shape index (κ3) is 5.57. The molecule has 166 valence electrons. The first kappa shape index (κ1) is 23.1. The van der Waals surface area contributed by atoms with E-state index in [-0.39, 0.29) is 30.8 Å². The van der Waals surface area contributed by atoms with Gasteiger partial charge in [0.05, 0.1) is 17.7 Å². The summed E-state index contributed by atoms with van der Waals surface area (Å²) in [5, 5.41) is 3.34. The highest BCUT2D eigenvalue weighted by atomic mass is 16.7. The van der Waals surface area contributed by atoms with Crippen molar-refractivity contribution >= 4 is 24.2 Å². The lowest BCUT2D eigenvalue weighted by molar-refractivity contribution is -0.153. The Labute approximate surface area is 181 Å². The van der Waals surface area contributed by atoms with Crippen LogP contribution >= 0.6 is 0 Å². The quantitative estimate of drug-likeness (QED) is 0.589. The maximum absolute atomic E-state index is 11.9. The Morgan fingerprint density at radius 2 is 1.63 bits per heavy atom. The monoisotopic (exact) mass is 416 g/mol. The number of nitrogens with zero attached hydrogens (tertiary/aromatic N) is 1. The fraction of sp³-hybridized carbons (Fsp3) is 0.696. The van der Waals surface area contributed by atoms with Crippen molar-refractivity contribution in [1.29, 1.82) is 0 Å². The Kier molecular flexibility index (Phi) is 6.56. The van der Waals surface area contributed by atoms with Gasteiger partial charge in [0.1, 0.15) is 5.60 Å². The van der Waals surface area contributed by atoms with Crippen LogP contribution in [0.5, 0.6) is 0 Å². The molecule has 2 aliphatic rings. The molecule has 7 heteroatoms. The molecule has 2 aliphatic heterocycles. The van der Waals surface area contributed by atoms with Gasteiger partial charge in [-0.15, -0.1) is 0 Å². The summed E-state index contributed by atoms with van der Waals surface area (Å²) < 4.78 is 17.7. The van der Waals surface area contributed by atoms with Gasteiger partial charge in [-0.2, -0.15) is 0 Å². The van der Waals surface area contributed by atoms with Crippen molar-refractivity contribution in [3.05, 3.63) is 24.3 Å². The van der Waals surface area contributed by atoms with Gasteiger partial charge in [0, 0.05) is 24.8 Å². The second-order valence-electron chi connectivity index (χ2n) is 10.4. The molecule has 1 aromatic rings. The van der Waals surface area contributed by atoms with Gasteiger partial charge in [-0.1, -0.05) is 12.1 Å². The summed E-state index contributed by atoms with van der Waals surface area (Å²) in [5.41, 5.74) is 1.16. The van der Waals surface area contributed by atoms with Crippen molar-refractivity contribution in [3.8, 4) is 0 Å². The van der Waals surface area contributed by atoms with Crippen LogP contribution in [0, 0.1) is 0 Å². The van der Waals surface area contributed by atoms with Gasteiger partial charge in [-0.25, -0.2) is 0 Å². The third-order valence-electron chi connectivity index (χ3n) is 6.23. The van der Waals surface area contributed by atoms with Gasteiger partial charge >= 0.3 is 13.1 Å². The summed E-state index contributed by atoms with van der Waals surface area (Å²) in [6, 6.07) is 8.84. The molecule has 0 aliphatic carbocycles. The van der Waals surface area contributed by atoms with Crippen molar-refractivity contribution in [2.45, 2.75) is 84.2 Å². The van der Waals surface area contributed by atoms with E-state index in [9.17, 15) is 4.79 Å². The van der Waals surface area contributed by atoms with Crippen molar-refractivity contribution in [2.24, 2.45) is 0 Å². The molecule has 0 bridgehead atoms. The Bertz CT molecular complexity index is 719. The number of carbonyl (C=O) groups is 1. The molecule has 3 rings (SSSR count). The number of benzene rings is 1. The summed E-state index contributed by atoms with van der Waals surface area (Å²) in [4.78, 5) is 14.3. The molecule has 1 aromatic carbocycles. The zero-order valence-electron chi connectivity index (χ0n) is 19.6. The molecule has 0 aromatic heterocycles. The number of hydrogen-bond acceptors (Lipinski definition) is 6. The molecule has 1 N–H and O–H groups in total. The van der Waals surface area contributed by atoms with Gasteiger partial charge in [-0.05, 0) is 78.9 Å². The highest BCUT2D eigenvalue weighted by molar-refractivity contribution is 6.62. The molecule has 0 amide bonds. The smallest absolute Gasteiger partial charge is 0.459 e. The van der Waals surface area contributed by atoms with Gasteiger partial charge in [0.15, 0.2) is 0 Å². The predicted molar refractivity (Wildman–Crippen MR) is 121 cm³/mol. The molecule has 6 nitrogen and oxygen atoms in total. The molecule has 2 saturated heterocycles. The second kappa shape index (κ2) is 8.52. The number of esters is 1. The minimum Gasteiger partial charge on any atom is -0.459 e. The number of hydrogen-bond donors (Lipinski definition) is 1. The molecular formula is C23H37BN2O4. The second-order valence-corrected chi connectivity index (χ2v) is 10.4. The normalized spacial score (nSPS) is 21.7. The van der Waals surface area contributed by atoms with Crippen LogP contribution < -0.4 is 15.7 Å². The molecule has 0 atom stereocenters. The predicted octanol–water partition coefficient (Wildman–Crippen LogP) is 2.89. The SMILES string of the molecule is CC(C)(C)OC(=O)CNC1CCN(c2ccc(B3OC(C)(C)C(C)(C)O3)cc2)CC1. The van der Waals surface area contributed by atoms with Crippen molar-refractivity contribution < 1.29 is 18.8 Å². The molecule has 30 heavy (non-hydrogen) atoms. The Morgan fingerprint density at radius 1 is 1.10 bits per heavy atom. The number of rotatable bonds is 5. The average Bonchev–Trinajstić information content (AvgIpc) is 2.87. The minimum atomic E-state index is -0.436. The number of piperidine rings is 1. The molecule has 0 saturated carbocycles. The van der Waals surface area contributed by atoms with Crippen LogP contribution in [0.4, 0.5) is 5.69 Å². The van der Waals surface area contributed by atoms with E-state index in [0.717, 1.165) is 31.4 Å². The topological polar surface area (TPSA) is 60.0 Å². The average molecular weight is 416 g/mol. The van der Waals surface area contributed by atoms with Crippen LogP contribution in [-0.2, 0) is 18.8 Å². The van der Waals surface area contributed by atoms with Gasteiger partial charge in [-0.3, -0.25) is 4.79 Å². The van der Waals surface area contributed by atoms with Crippen LogP contribution in [0.25, 0.3) is 0 Å². The first-order valence-corrected chi connectivity index (χ1v) is 11.0. The summed E-state index contributed by atoms with van der Waals surface area (Å²) in [7, 11) is -0.327. The standard InChI is InChI=1S/C23H37BN2O4/c1-21(2,3)28-20(27)16-25-18-12-14-26(15-13-18)19-10-8-17(9-11-19)24-29-22(4,5)23(6,7)30-24/h8-11,18,25H,12-16H2,1-7H3. The molecule has 0 radical (unpaired) electrons. The van der Waals surface area contributed by atoms with Crippen LogP contribution in [-0.4, -0.2) is 55.6 Å². The maximum atomic E-state index is 11.9. The van der Waals surface area contributed by atoms with E-state index < -0.39 is 5.60 Å². The zero-order valence-corrected chi connectivity index (χ0v) is 19.6. The minimum absolute atomic E-state index is 0.191. The lowest BCUT2D eigenvalue weighted by atomic mass is 9.79. The zero-order chi connectivity index (χ0) is 22.2. The lowest BCUT2D eigenvalue weighted by Crippen LogP contribution is -2.45. The summed E-state index contributed by atoms with van der Waals surface area (Å²) in [6.07, 6.45) is 2.00. The number of nitrogens with one attached hydrogen (secondary N) is 1. The largest absolute Gasteiger partial charge is 0.494 e. The van der Waals surface area contributed by atoms with Gasteiger partial charge < -0.3 is 24.3 Å². The van der Waals surface area contributed by atoms with E-state index in [1.54, 1.807) is 0 Å². The third-order valence-corrected chi connectivity index (χ3v) is 6.23. The fourth-order valence-corrected chi connectivity index (χ4v) is 3.77. The molecule has 2 heterocycles. The van der Waals surface area contributed by atoms with Gasteiger partial charge in [0.25, 0.3) is 0 Å². The van der Waals surface area contributed by atoms with E-state index in [1.807, 2.05) is 20.8 Å². The van der Waals surface area contributed by atoms with Crippen molar-refractivity contribution in [1.82, 2.24) is 5.32 Å². The number of ether oxygens (including phenoxy) is 1. The summed E-state index contributed by atoms with van der Waals surface area (Å²) in [6.45, 7) is 16.1. The summed E-state index contributed by atoms with van der Waals surface area (Å²) in [5.74, 6) is -0.191. The highest BCUT2D eigenvalue weighted by Gasteiger charge is 2.51. The highest BCUT2D eigenvalue weighted by Crippen LogP contribution is 2.36. The molecule has 2 fully saturated rings. The Hall–Kier alpha value is -1.57. The van der Waals surface area contributed by atoms with E-state index in [1.165, 1.54) is 5.69 Å². The number of carbonyl (C=O) groups excluding carboxylic acids is 1. The lowest BCUT2D eigenvalue weighted by Gasteiger charge is -2.34. The first-order chi connectivity index (χ1) is 13.9. The van der Waals surface area contributed by atoms with Crippen LogP contribution in [0.2, 0.25) is 0 Å². The first-order valence-electron chi connectivity index (χ1n) is 11.0. The Morgan fingerprint density at radius 3 is 2.13 bits per heavy atom. The van der Waals surface area contributed by atoms with Gasteiger partial charge in [0.2, 0.25) is 0 Å². The van der Waals surface area contributed by atoms with Crippen LogP contribution in [0.1, 0.15) is 61.3 Å². The van der Waals surface area contributed by atoms with E-state index >= 15 is 0 Å².